The largest absolute Gasteiger partial charge is 0.326 e. The summed E-state index contributed by atoms with van der Waals surface area (Å²) < 4.78 is 1.50. The number of aromatic nitrogens is 3. The van der Waals surface area contributed by atoms with E-state index in [1.54, 1.807) is 6.20 Å². The first-order valence-electron chi connectivity index (χ1n) is 13.6. The van der Waals surface area contributed by atoms with Crippen molar-refractivity contribution in [3.63, 3.8) is 0 Å². The fourth-order valence-electron chi connectivity index (χ4n) is 5.38. The number of anilines is 1. The number of nitrogens with zero attached hydrogens (tertiary/aromatic N) is 4. The predicted octanol–water partition coefficient (Wildman–Crippen LogP) is 4.42. The first-order chi connectivity index (χ1) is 18.6. The van der Waals surface area contributed by atoms with Crippen LogP contribution in [0.5, 0.6) is 0 Å². The average Bonchev–Trinajstić information content (AvgIpc) is 3.55. The number of carbonyl (C=O) groups excluding carboxylic acids is 3. The first kappa shape index (κ1) is 27.2. The highest BCUT2D eigenvalue weighted by molar-refractivity contribution is 7.10. The predicted molar refractivity (Wildman–Crippen MR) is 151 cm³/mol. The summed E-state index contributed by atoms with van der Waals surface area (Å²) in [5.41, 5.74) is 3.90. The Morgan fingerprint density at radius 2 is 1.87 bits per heavy atom. The summed E-state index contributed by atoms with van der Waals surface area (Å²) >= 11 is 1.48. The molecule has 2 aliphatic heterocycles. The van der Waals surface area contributed by atoms with Crippen LogP contribution < -0.4 is 10.6 Å². The number of nitrogens with one attached hydrogen (secondary N) is 2. The zero-order valence-electron chi connectivity index (χ0n) is 22.8. The number of hydrogen-bond acceptors (Lipinski definition) is 7. The quantitative estimate of drug-likeness (QED) is 0.423. The molecule has 3 amide bonds. The van der Waals surface area contributed by atoms with Crippen LogP contribution in [0.2, 0.25) is 0 Å². The van der Waals surface area contributed by atoms with Crippen LogP contribution in [0.25, 0.3) is 11.3 Å². The molecule has 10 heteroatoms. The monoisotopic (exact) mass is 548 g/mol. The molecule has 9 nitrogen and oxygen atoms in total. The summed E-state index contributed by atoms with van der Waals surface area (Å²) in [7, 11) is 0. The second-order valence-corrected chi connectivity index (χ2v) is 12.7. The fourth-order valence-corrected chi connectivity index (χ4v) is 6.25. The minimum Gasteiger partial charge on any atom is -0.326 e. The molecule has 0 bridgehead atoms. The lowest BCUT2D eigenvalue weighted by molar-refractivity contribution is -0.136. The third-order valence-electron chi connectivity index (χ3n) is 7.78. The number of benzene rings is 1. The molecule has 2 aromatic heterocycles. The van der Waals surface area contributed by atoms with Crippen molar-refractivity contribution in [1.29, 1.82) is 0 Å². The summed E-state index contributed by atoms with van der Waals surface area (Å²) in [6.45, 7) is 10.2. The van der Waals surface area contributed by atoms with Gasteiger partial charge in [0.15, 0.2) is 0 Å². The second-order valence-electron chi connectivity index (χ2n) is 11.7. The Morgan fingerprint density at radius 1 is 1.13 bits per heavy atom. The van der Waals surface area contributed by atoms with Crippen LogP contribution in [0.15, 0.2) is 41.9 Å². The van der Waals surface area contributed by atoms with Crippen LogP contribution in [-0.4, -0.2) is 50.7 Å². The van der Waals surface area contributed by atoms with Gasteiger partial charge in [-0.25, -0.2) is 4.68 Å². The van der Waals surface area contributed by atoms with Gasteiger partial charge in [0.25, 0.3) is 5.91 Å². The molecule has 3 aromatic rings. The van der Waals surface area contributed by atoms with E-state index in [-0.39, 0.29) is 30.6 Å². The number of imide groups is 1. The van der Waals surface area contributed by atoms with Crippen LogP contribution in [0.3, 0.4) is 0 Å². The number of carbonyl (C=O) groups is 3. The average molecular weight is 549 g/mol. The standard InChI is InChI=1S/C29H36N6O3S/c1-29(2,3)21-10-12-34(13-11-21)16-19-4-6-22(7-5-19)30-27(37)15-23-14-20(18-39-23)24-17-35(33-32-24)25-8-9-26(36)31-28(25)38/h4-7,14,17-18,21,25H,8-13,15-16H2,1-3H3,(H,30,37)(H,31,36,38). The minimum atomic E-state index is -0.542. The van der Waals surface area contributed by atoms with E-state index >= 15 is 0 Å². The van der Waals surface area contributed by atoms with E-state index in [9.17, 15) is 14.4 Å². The van der Waals surface area contributed by atoms with Gasteiger partial charge in [-0.1, -0.05) is 38.1 Å². The van der Waals surface area contributed by atoms with Gasteiger partial charge in [0.05, 0.1) is 12.6 Å². The Morgan fingerprint density at radius 3 is 2.56 bits per heavy atom. The molecule has 0 spiro atoms. The maximum Gasteiger partial charge on any atom is 0.251 e. The number of thiophene rings is 1. The molecule has 1 atom stereocenters. The Balaban J connectivity index is 1.11. The molecule has 1 unspecified atom stereocenters. The van der Waals surface area contributed by atoms with Crippen LogP contribution in [-0.2, 0) is 27.3 Å². The SMILES string of the molecule is CC(C)(C)C1CCN(Cc2ccc(NC(=O)Cc3cc(-c4cn(C5CCC(=O)NC5=O)nn4)cs3)cc2)CC1. The summed E-state index contributed by atoms with van der Waals surface area (Å²) in [6, 6.07) is 9.53. The van der Waals surface area contributed by atoms with E-state index in [0.717, 1.165) is 41.7 Å². The third kappa shape index (κ3) is 6.80. The van der Waals surface area contributed by atoms with Gasteiger partial charge in [-0.2, -0.15) is 0 Å². The summed E-state index contributed by atoms with van der Waals surface area (Å²) in [4.78, 5) is 39.6. The zero-order chi connectivity index (χ0) is 27.6. The van der Waals surface area contributed by atoms with Crippen LogP contribution in [0, 0.1) is 11.3 Å². The molecule has 0 aliphatic carbocycles. The van der Waals surface area contributed by atoms with Crippen molar-refractivity contribution in [1.82, 2.24) is 25.2 Å². The third-order valence-corrected chi connectivity index (χ3v) is 8.72. The van der Waals surface area contributed by atoms with Crippen LogP contribution >= 0.6 is 11.3 Å². The van der Waals surface area contributed by atoms with Crippen LogP contribution in [0.1, 0.15) is 62.9 Å². The summed E-state index contributed by atoms with van der Waals surface area (Å²) in [5.74, 6) is 0.0874. The molecule has 0 saturated carbocycles. The molecular weight excluding hydrogens is 512 g/mol. The molecule has 2 aliphatic rings. The fraction of sp³-hybridized carbons (Fsp3) is 0.483. The maximum atomic E-state index is 12.7. The molecule has 206 valence electrons. The molecule has 2 N–H and O–H groups in total. The molecule has 1 aromatic carbocycles. The van der Waals surface area contributed by atoms with Gasteiger partial charge in [-0.05, 0) is 67.4 Å². The first-order valence-corrected chi connectivity index (χ1v) is 14.5. The molecule has 0 radical (unpaired) electrons. The van der Waals surface area contributed by atoms with E-state index in [0.29, 0.717) is 17.5 Å². The van der Waals surface area contributed by atoms with Gasteiger partial charge in [0.1, 0.15) is 11.7 Å². The second kappa shape index (κ2) is 11.4. The number of likely N-dealkylation sites (tertiary alicyclic amines) is 1. The molecule has 39 heavy (non-hydrogen) atoms. The smallest absolute Gasteiger partial charge is 0.251 e. The van der Waals surface area contributed by atoms with E-state index in [1.165, 1.54) is 34.4 Å². The Labute approximate surface area is 233 Å². The zero-order valence-corrected chi connectivity index (χ0v) is 23.6. The molecule has 2 fully saturated rings. The number of hydrogen-bond donors (Lipinski definition) is 2. The Kier molecular flexibility index (Phi) is 7.95. The highest BCUT2D eigenvalue weighted by atomic mass is 32.1. The maximum absolute atomic E-state index is 12.7. The van der Waals surface area contributed by atoms with E-state index in [4.69, 9.17) is 0 Å². The van der Waals surface area contributed by atoms with Crippen molar-refractivity contribution in [2.45, 2.75) is 65.5 Å². The lowest BCUT2D eigenvalue weighted by Crippen LogP contribution is -2.41. The highest BCUT2D eigenvalue weighted by Crippen LogP contribution is 2.34. The molecule has 5 rings (SSSR count). The minimum absolute atomic E-state index is 0.0763. The van der Waals surface area contributed by atoms with Gasteiger partial charge in [0, 0.05) is 34.5 Å². The lowest BCUT2D eigenvalue weighted by Gasteiger charge is -2.38. The number of rotatable bonds is 7. The van der Waals surface area contributed by atoms with Crippen molar-refractivity contribution in [2.24, 2.45) is 11.3 Å². The van der Waals surface area contributed by atoms with Crippen molar-refractivity contribution in [2.75, 3.05) is 18.4 Å². The number of amides is 3. The molecule has 4 heterocycles. The molecule has 2 saturated heterocycles. The van der Waals surface area contributed by atoms with Crippen LogP contribution in [0.4, 0.5) is 5.69 Å². The Hall–Kier alpha value is -3.37. The lowest BCUT2D eigenvalue weighted by atomic mass is 9.75. The van der Waals surface area contributed by atoms with Crippen molar-refractivity contribution < 1.29 is 14.4 Å². The van der Waals surface area contributed by atoms with Crippen molar-refractivity contribution in [3.05, 3.63) is 52.3 Å². The molecular formula is C29H36N6O3S. The van der Waals surface area contributed by atoms with Gasteiger partial charge in [-0.3, -0.25) is 24.6 Å². The topological polar surface area (TPSA) is 109 Å². The highest BCUT2D eigenvalue weighted by Gasteiger charge is 2.30. The normalized spacial score (nSPS) is 19.2. The summed E-state index contributed by atoms with van der Waals surface area (Å²) in [6.07, 6.45) is 5.15. The van der Waals surface area contributed by atoms with Gasteiger partial charge in [-0.15, -0.1) is 16.4 Å². The van der Waals surface area contributed by atoms with Crippen molar-refractivity contribution in [3.8, 4) is 11.3 Å². The van der Waals surface area contributed by atoms with E-state index in [2.05, 4.69) is 58.7 Å². The van der Waals surface area contributed by atoms with E-state index in [1.807, 2.05) is 23.6 Å². The van der Waals surface area contributed by atoms with Gasteiger partial charge in [0.2, 0.25) is 11.8 Å². The van der Waals surface area contributed by atoms with Gasteiger partial charge < -0.3 is 5.32 Å². The van der Waals surface area contributed by atoms with Crippen molar-refractivity contribution >= 4 is 34.7 Å². The summed E-state index contributed by atoms with van der Waals surface area (Å²) in [5, 5.41) is 15.5. The Bertz CT molecular complexity index is 1330. The number of piperidine rings is 2. The van der Waals surface area contributed by atoms with E-state index < -0.39 is 6.04 Å². The van der Waals surface area contributed by atoms with Gasteiger partial charge >= 0.3 is 0 Å².